The molecular weight excluding hydrogens is 465 g/mol. The number of aryl methyl sites for hydroxylation is 1. The van der Waals surface area contributed by atoms with Crippen molar-refractivity contribution in [3.05, 3.63) is 53.6 Å². The summed E-state index contributed by atoms with van der Waals surface area (Å²) in [6.45, 7) is 0.515. The Kier molecular flexibility index (Phi) is 8.84. The van der Waals surface area contributed by atoms with Gasteiger partial charge in [-0.1, -0.05) is 18.2 Å². The van der Waals surface area contributed by atoms with Gasteiger partial charge in [0.15, 0.2) is 18.1 Å². The van der Waals surface area contributed by atoms with Crippen molar-refractivity contribution >= 4 is 11.8 Å². The van der Waals surface area contributed by atoms with Crippen molar-refractivity contribution < 1.29 is 37.0 Å². The summed E-state index contributed by atoms with van der Waals surface area (Å²) < 4.78 is 52.5. The average molecular weight is 495 g/mol. The standard InChI is InChI=1S/C25H29F3N2O5/c1-33-20-7-4-3-6-19(20)24(32)30-13-5-12-29(14-15-30)23(31)11-9-18-8-10-21(22(16-18)34-2)35-17-25(26,27)28/h3-4,6-8,10,16H,5,9,11-15,17H2,1-2H3. The quantitative estimate of drug-likeness (QED) is 0.556. The molecule has 0 spiro atoms. The Labute approximate surface area is 202 Å². The van der Waals surface area contributed by atoms with Gasteiger partial charge in [-0.3, -0.25) is 9.59 Å². The van der Waals surface area contributed by atoms with E-state index in [0.29, 0.717) is 50.3 Å². The Morgan fingerprint density at radius 3 is 2.29 bits per heavy atom. The maximum Gasteiger partial charge on any atom is 0.422 e. The highest BCUT2D eigenvalue weighted by Crippen LogP contribution is 2.30. The predicted molar refractivity (Wildman–Crippen MR) is 123 cm³/mol. The number of hydrogen-bond donors (Lipinski definition) is 0. The third kappa shape index (κ3) is 7.27. The molecule has 2 aromatic rings. The van der Waals surface area contributed by atoms with Crippen LogP contribution in [0.25, 0.3) is 0 Å². The SMILES string of the molecule is COc1cc(CCC(=O)N2CCCN(C(=O)c3ccccc3OC)CC2)ccc1OCC(F)(F)F. The van der Waals surface area contributed by atoms with Crippen LogP contribution in [0.2, 0.25) is 0 Å². The number of methoxy groups -OCH3 is 2. The molecule has 1 aliphatic heterocycles. The summed E-state index contributed by atoms with van der Waals surface area (Å²) in [5.74, 6) is 0.510. The van der Waals surface area contributed by atoms with E-state index in [1.165, 1.54) is 20.3 Å². The molecule has 35 heavy (non-hydrogen) atoms. The van der Waals surface area contributed by atoms with E-state index < -0.39 is 12.8 Å². The molecule has 0 aromatic heterocycles. The van der Waals surface area contributed by atoms with Crippen LogP contribution in [0, 0.1) is 0 Å². The van der Waals surface area contributed by atoms with Gasteiger partial charge in [0.05, 0.1) is 19.8 Å². The molecule has 10 heteroatoms. The summed E-state index contributed by atoms with van der Waals surface area (Å²) in [6, 6.07) is 11.7. The molecule has 1 heterocycles. The molecule has 190 valence electrons. The number of carbonyl (C=O) groups is 2. The molecule has 0 unspecified atom stereocenters. The highest BCUT2D eigenvalue weighted by molar-refractivity contribution is 5.97. The third-order valence-corrected chi connectivity index (χ3v) is 5.72. The van der Waals surface area contributed by atoms with Crippen LogP contribution < -0.4 is 14.2 Å². The van der Waals surface area contributed by atoms with Gasteiger partial charge in [0, 0.05) is 32.6 Å². The van der Waals surface area contributed by atoms with Crippen LogP contribution in [0.1, 0.15) is 28.8 Å². The normalized spacial score (nSPS) is 14.3. The lowest BCUT2D eigenvalue weighted by Gasteiger charge is -2.23. The van der Waals surface area contributed by atoms with Gasteiger partial charge in [0.1, 0.15) is 5.75 Å². The number of halogens is 3. The van der Waals surface area contributed by atoms with Gasteiger partial charge in [0.2, 0.25) is 5.91 Å². The lowest BCUT2D eigenvalue weighted by Crippen LogP contribution is -2.37. The molecule has 0 saturated carbocycles. The second-order valence-corrected chi connectivity index (χ2v) is 8.12. The highest BCUT2D eigenvalue weighted by Gasteiger charge is 2.29. The zero-order chi connectivity index (χ0) is 25.4. The van der Waals surface area contributed by atoms with Crippen molar-refractivity contribution in [2.45, 2.75) is 25.4 Å². The minimum absolute atomic E-state index is 0.00720. The second kappa shape index (κ2) is 11.8. The number of rotatable bonds is 8. The Hall–Kier alpha value is -3.43. The van der Waals surface area contributed by atoms with Crippen LogP contribution in [-0.2, 0) is 11.2 Å². The van der Waals surface area contributed by atoms with E-state index in [-0.39, 0.29) is 29.7 Å². The lowest BCUT2D eigenvalue weighted by atomic mass is 10.1. The largest absolute Gasteiger partial charge is 0.496 e. The highest BCUT2D eigenvalue weighted by atomic mass is 19.4. The molecule has 0 N–H and O–H groups in total. The first-order valence-corrected chi connectivity index (χ1v) is 11.3. The second-order valence-electron chi connectivity index (χ2n) is 8.12. The van der Waals surface area contributed by atoms with Crippen LogP contribution in [0.4, 0.5) is 13.2 Å². The first kappa shape index (κ1) is 26.2. The molecule has 2 amide bonds. The molecule has 3 rings (SSSR count). The predicted octanol–water partition coefficient (Wildman–Crippen LogP) is 3.95. The Balaban J connectivity index is 1.55. The van der Waals surface area contributed by atoms with Gasteiger partial charge in [-0.2, -0.15) is 13.2 Å². The molecular formula is C25H29F3N2O5. The number of benzene rings is 2. The number of carbonyl (C=O) groups excluding carboxylic acids is 2. The molecule has 1 aliphatic rings. The van der Waals surface area contributed by atoms with Gasteiger partial charge in [0.25, 0.3) is 5.91 Å². The molecule has 0 bridgehead atoms. The maximum atomic E-state index is 13.0. The Morgan fingerprint density at radius 1 is 0.886 bits per heavy atom. The fraction of sp³-hybridized carbons (Fsp3) is 0.440. The van der Waals surface area contributed by atoms with Gasteiger partial charge in [-0.25, -0.2) is 0 Å². The van der Waals surface area contributed by atoms with E-state index in [0.717, 1.165) is 5.56 Å². The maximum absolute atomic E-state index is 13.0. The number of amides is 2. The van der Waals surface area contributed by atoms with Crippen LogP contribution in [0.5, 0.6) is 17.2 Å². The fourth-order valence-electron chi connectivity index (χ4n) is 3.92. The van der Waals surface area contributed by atoms with Gasteiger partial charge in [-0.15, -0.1) is 0 Å². The number of nitrogens with zero attached hydrogens (tertiary/aromatic N) is 2. The zero-order valence-corrected chi connectivity index (χ0v) is 19.8. The monoisotopic (exact) mass is 494 g/mol. The molecule has 0 atom stereocenters. The molecule has 0 aliphatic carbocycles. The lowest BCUT2D eigenvalue weighted by molar-refractivity contribution is -0.153. The molecule has 1 fully saturated rings. The van der Waals surface area contributed by atoms with E-state index in [2.05, 4.69) is 0 Å². The molecule has 1 saturated heterocycles. The molecule has 0 radical (unpaired) electrons. The summed E-state index contributed by atoms with van der Waals surface area (Å²) in [7, 11) is 2.87. The summed E-state index contributed by atoms with van der Waals surface area (Å²) >= 11 is 0. The Bertz CT molecular complexity index is 1030. The average Bonchev–Trinajstić information content (AvgIpc) is 3.11. The van der Waals surface area contributed by atoms with E-state index in [9.17, 15) is 22.8 Å². The van der Waals surface area contributed by atoms with Crippen LogP contribution in [0.15, 0.2) is 42.5 Å². The van der Waals surface area contributed by atoms with Gasteiger partial charge in [-0.05, 0) is 42.7 Å². The number of hydrogen-bond acceptors (Lipinski definition) is 5. The zero-order valence-electron chi connectivity index (χ0n) is 19.8. The smallest absolute Gasteiger partial charge is 0.422 e. The fourth-order valence-corrected chi connectivity index (χ4v) is 3.92. The summed E-state index contributed by atoms with van der Waals surface area (Å²) in [6.07, 6.45) is -3.16. The number of alkyl halides is 3. The van der Waals surface area contributed by atoms with Gasteiger partial charge < -0.3 is 24.0 Å². The van der Waals surface area contributed by atoms with Crippen molar-refractivity contribution in [1.82, 2.24) is 9.80 Å². The number of para-hydroxylation sites is 1. The third-order valence-electron chi connectivity index (χ3n) is 5.72. The van der Waals surface area contributed by atoms with E-state index in [1.807, 2.05) is 0 Å². The minimum atomic E-state index is -4.45. The van der Waals surface area contributed by atoms with Crippen molar-refractivity contribution in [2.24, 2.45) is 0 Å². The van der Waals surface area contributed by atoms with Crippen LogP contribution >= 0.6 is 0 Å². The summed E-state index contributed by atoms with van der Waals surface area (Å²) in [5, 5.41) is 0. The molecule has 2 aromatic carbocycles. The van der Waals surface area contributed by atoms with Crippen LogP contribution in [-0.4, -0.2) is 74.8 Å². The van der Waals surface area contributed by atoms with Crippen molar-refractivity contribution in [3.63, 3.8) is 0 Å². The topological polar surface area (TPSA) is 68.3 Å². The van der Waals surface area contributed by atoms with Gasteiger partial charge >= 0.3 is 6.18 Å². The molecule has 7 nitrogen and oxygen atoms in total. The van der Waals surface area contributed by atoms with E-state index in [1.54, 1.807) is 46.2 Å². The van der Waals surface area contributed by atoms with Crippen LogP contribution in [0.3, 0.4) is 0 Å². The van der Waals surface area contributed by atoms with E-state index in [4.69, 9.17) is 14.2 Å². The van der Waals surface area contributed by atoms with Crippen molar-refractivity contribution in [2.75, 3.05) is 47.0 Å². The van der Waals surface area contributed by atoms with E-state index >= 15 is 0 Å². The first-order chi connectivity index (χ1) is 16.7. The van der Waals surface area contributed by atoms with Crippen molar-refractivity contribution in [3.8, 4) is 17.2 Å². The number of ether oxygens (including phenoxy) is 3. The summed E-state index contributed by atoms with van der Waals surface area (Å²) in [4.78, 5) is 29.3. The first-order valence-electron chi connectivity index (χ1n) is 11.3. The summed E-state index contributed by atoms with van der Waals surface area (Å²) in [5.41, 5.74) is 1.24. The Morgan fingerprint density at radius 2 is 1.57 bits per heavy atom. The minimum Gasteiger partial charge on any atom is -0.496 e. The van der Waals surface area contributed by atoms with Crippen molar-refractivity contribution in [1.29, 1.82) is 0 Å².